The number of aryl methyl sites for hydroxylation is 1. The van der Waals surface area contributed by atoms with Crippen LogP contribution in [-0.2, 0) is 16.6 Å². The first-order chi connectivity index (χ1) is 7.42. The van der Waals surface area contributed by atoms with Crippen molar-refractivity contribution in [2.75, 3.05) is 13.7 Å². The van der Waals surface area contributed by atoms with Crippen LogP contribution >= 0.6 is 0 Å². The highest BCUT2D eigenvalue weighted by atomic mass is 32.2. The van der Waals surface area contributed by atoms with Gasteiger partial charge in [0.25, 0.3) is 10.2 Å². The van der Waals surface area contributed by atoms with Crippen LogP contribution in [0.15, 0.2) is 18.2 Å². The van der Waals surface area contributed by atoms with E-state index in [0.29, 0.717) is 6.42 Å². The van der Waals surface area contributed by atoms with E-state index in [9.17, 15) is 8.42 Å². The first kappa shape index (κ1) is 13.0. The molecular formula is C10H16N2O3S. The number of benzene rings is 1. The smallest absolute Gasteiger partial charge is 0.274 e. The van der Waals surface area contributed by atoms with E-state index in [1.807, 2.05) is 25.1 Å². The Bertz CT molecular complexity index is 457. The summed E-state index contributed by atoms with van der Waals surface area (Å²) in [6.07, 6.45) is 0.576. The van der Waals surface area contributed by atoms with E-state index in [1.54, 1.807) is 7.11 Å². The first-order valence-corrected chi connectivity index (χ1v) is 6.38. The molecule has 0 aliphatic carbocycles. The van der Waals surface area contributed by atoms with E-state index < -0.39 is 10.2 Å². The van der Waals surface area contributed by atoms with E-state index in [2.05, 4.69) is 4.72 Å². The van der Waals surface area contributed by atoms with Gasteiger partial charge in [0, 0.05) is 6.54 Å². The summed E-state index contributed by atoms with van der Waals surface area (Å²) >= 11 is 0. The molecule has 0 unspecified atom stereocenters. The molecule has 90 valence electrons. The van der Waals surface area contributed by atoms with Gasteiger partial charge in [-0.15, -0.1) is 0 Å². The van der Waals surface area contributed by atoms with Gasteiger partial charge < -0.3 is 4.74 Å². The highest BCUT2D eigenvalue weighted by Crippen LogP contribution is 2.18. The minimum absolute atomic E-state index is 0.283. The lowest BCUT2D eigenvalue weighted by Crippen LogP contribution is -2.32. The quantitative estimate of drug-likeness (QED) is 0.783. The predicted molar refractivity (Wildman–Crippen MR) is 62.5 cm³/mol. The summed E-state index contributed by atoms with van der Waals surface area (Å²) in [6.45, 7) is 2.23. The molecule has 3 N–H and O–H groups in total. The monoisotopic (exact) mass is 244 g/mol. The minimum Gasteiger partial charge on any atom is -0.496 e. The Morgan fingerprint density at radius 3 is 2.69 bits per heavy atom. The van der Waals surface area contributed by atoms with Crippen LogP contribution in [0.3, 0.4) is 0 Å². The van der Waals surface area contributed by atoms with Gasteiger partial charge in [-0.05, 0) is 30.5 Å². The highest BCUT2D eigenvalue weighted by molar-refractivity contribution is 7.87. The molecule has 0 fully saturated rings. The summed E-state index contributed by atoms with van der Waals surface area (Å²) in [4.78, 5) is 0. The Balaban J connectivity index is 2.61. The second kappa shape index (κ2) is 5.29. The topological polar surface area (TPSA) is 81.4 Å². The summed E-state index contributed by atoms with van der Waals surface area (Å²) in [6, 6.07) is 5.76. The molecule has 0 aromatic heterocycles. The molecular weight excluding hydrogens is 228 g/mol. The van der Waals surface area contributed by atoms with Crippen LogP contribution in [-0.4, -0.2) is 22.1 Å². The van der Waals surface area contributed by atoms with Crippen molar-refractivity contribution in [2.24, 2.45) is 5.14 Å². The Labute approximate surface area is 95.8 Å². The van der Waals surface area contributed by atoms with Gasteiger partial charge in [-0.2, -0.15) is 8.42 Å². The summed E-state index contributed by atoms with van der Waals surface area (Å²) in [5.74, 6) is 0.799. The molecule has 0 saturated carbocycles. The van der Waals surface area contributed by atoms with Crippen molar-refractivity contribution in [3.05, 3.63) is 29.3 Å². The third-order valence-electron chi connectivity index (χ3n) is 2.19. The maximum absolute atomic E-state index is 10.6. The average molecular weight is 244 g/mol. The second-order valence-electron chi connectivity index (χ2n) is 3.49. The normalized spacial score (nSPS) is 11.4. The fraction of sp³-hybridized carbons (Fsp3) is 0.400. The van der Waals surface area contributed by atoms with Crippen LogP contribution < -0.4 is 14.6 Å². The molecule has 1 rings (SSSR count). The van der Waals surface area contributed by atoms with Crippen LogP contribution in [0.1, 0.15) is 11.1 Å². The lowest BCUT2D eigenvalue weighted by Gasteiger charge is -2.07. The Hall–Kier alpha value is -1.11. The van der Waals surface area contributed by atoms with Crippen molar-refractivity contribution in [1.82, 2.24) is 4.72 Å². The number of hydrogen-bond acceptors (Lipinski definition) is 3. The van der Waals surface area contributed by atoms with E-state index in [-0.39, 0.29) is 6.54 Å². The molecule has 0 heterocycles. The van der Waals surface area contributed by atoms with Crippen molar-refractivity contribution in [3.8, 4) is 5.75 Å². The summed E-state index contributed by atoms with van der Waals surface area (Å²) in [5.41, 5.74) is 2.05. The van der Waals surface area contributed by atoms with Crippen LogP contribution in [0.25, 0.3) is 0 Å². The van der Waals surface area contributed by atoms with Crippen molar-refractivity contribution in [2.45, 2.75) is 13.3 Å². The molecule has 0 bridgehead atoms. The van der Waals surface area contributed by atoms with E-state index in [1.165, 1.54) is 0 Å². The number of nitrogens with one attached hydrogen (secondary N) is 1. The lowest BCUT2D eigenvalue weighted by molar-refractivity contribution is 0.411. The van der Waals surface area contributed by atoms with Gasteiger partial charge in [-0.3, -0.25) is 0 Å². The van der Waals surface area contributed by atoms with Crippen molar-refractivity contribution >= 4 is 10.2 Å². The fourth-order valence-electron chi connectivity index (χ4n) is 1.36. The van der Waals surface area contributed by atoms with Gasteiger partial charge in [-0.1, -0.05) is 12.1 Å². The number of nitrogens with two attached hydrogens (primary N) is 1. The summed E-state index contributed by atoms with van der Waals surface area (Å²) < 4.78 is 28.7. The van der Waals surface area contributed by atoms with Gasteiger partial charge in [0.2, 0.25) is 0 Å². The van der Waals surface area contributed by atoms with Gasteiger partial charge in [0.15, 0.2) is 0 Å². The first-order valence-electron chi connectivity index (χ1n) is 4.83. The van der Waals surface area contributed by atoms with Crippen LogP contribution in [0.2, 0.25) is 0 Å². The molecule has 0 radical (unpaired) electrons. The Kier molecular flexibility index (Phi) is 4.28. The van der Waals surface area contributed by atoms with E-state index in [4.69, 9.17) is 9.88 Å². The number of ether oxygens (including phenoxy) is 1. The number of hydrogen-bond donors (Lipinski definition) is 2. The molecule has 0 atom stereocenters. The van der Waals surface area contributed by atoms with Gasteiger partial charge >= 0.3 is 0 Å². The van der Waals surface area contributed by atoms with Gasteiger partial charge in [-0.25, -0.2) is 9.86 Å². The molecule has 0 amide bonds. The molecule has 0 saturated heterocycles. The van der Waals surface area contributed by atoms with Gasteiger partial charge in [0.05, 0.1) is 7.11 Å². The van der Waals surface area contributed by atoms with Crippen molar-refractivity contribution in [1.29, 1.82) is 0 Å². The zero-order chi connectivity index (χ0) is 12.2. The minimum atomic E-state index is -3.60. The molecule has 16 heavy (non-hydrogen) atoms. The molecule has 5 nitrogen and oxygen atoms in total. The Morgan fingerprint density at radius 2 is 2.12 bits per heavy atom. The Morgan fingerprint density at radius 1 is 1.44 bits per heavy atom. The maximum Gasteiger partial charge on any atom is 0.274 e. The molecule has 0 spiro atoms. The summed E-state index contributed by atoms with van der Waals surface area (Å²) in [7, 11) is -1.99. The molecule has 0 aliphatic heterocycles. The molecule has 1 aromatic carbocycles. The zero-order valence-corrected chi connectivity index (χ0v) is 10.2. The maximum atomic E-state index is 10.6. The molecule has 1 aromatic rings. The highest BCUT2D eigenvalue weighted by Gasteiger charge is 2.03. The van der Waals surface area contributed by atoms with Crippen molar-refractivity contribution in [3.63, 3.8) is 0 Å². The number of methoxy groups -OCH3 is 1. The largest absolute Gasteiger partial charge is 0.496 e. The average Bonchev–Trinajstić information content (AvgIpc) is 2.18. The third kappa shape index (κ3) is 4.18. The predicted octanol–water partition coefficient (Wildman–Crippen LogP) is 0.339. The third-order valence-corrected chi connectivity index (χ3v) is 2.80. The molecule has 6 heteroatoms. The SMILES string of the molecule is COc1cc(CCNS(N)(=O)=O)ccc1C. The van der Waals surface area contributed by atoms with Gasteiger partial charge in [0.1, 0.15) is 5.75 Å². The second-order valence-corrected chi connectivity index (χ2v) is 4.87. The lowest BCUT2D eigenvalue weighted by atomic mass is 10.1. The summed E-state index contributed by atoms with van der Waals surface area (Å²) in [5, 5.41) is 4.82. The van der Waals surface area contributed by atoms with E-state index in [0.717, 1.165) is 16.9 Å². The fourth-order valence-corrected chi connectivity index (χ4v) is 1.74. The van der Waals surface area contributed by atoms with Crippen molar-refractivity contribution < 1.29 is 13.2 Å². The van der Waals surface area contributed by atoms with Crippen LogP contribution in [0, 0.1) is 6.92 Å². The van der Waals surface area contributed by atoms with Crippen LogP contribution in [0.5, 0.6) is 5.75 Å². The standard InChI is InChI=1S/C10H16N2O3S/c1-8-3-4-9(7-10(8)15-2)5-6-12-16(11,13)14/h3-4,7,12H,5-6H2,1-2H3,(H2,11,13,14). The zero-order valence-electron chi connectivity index (χ0n) is 9.36. The van der Waals surface area contributed by atoms with E-state index >= 15 is 0 Å². The number of rotatable bonds is 5. The molecule has 0 aliphatic rings. The van der Waals surface area contributed by atoms with Crippen LogP contribution in [0.4, 0.5) is 0 Å².